The zero-order valence-electron chi connectivity index (χ0n) is 12.8. The van der Waals surface area contributed by atoms with Crippen molar-refractivity contribution in [2.75, 3.05) is 24.6 Å². The quantitative estimate of drug-likeness (QED) is 0.780. The maximum atomic E-state index is 12.7. The normalized spacial score (nSPS) is 25.0. The lowest BCUT2D eigenvalue weighted by atomic mass is 9.80. The lowest BCUT2D eigenvalue weighted by molar-refractivity contribution is -0.145. The van der Waals surface area contributed by atoms with Crippen LogP contribution in [0.3, 0.4) is 0 Å². The molecule has 0 atom stereocenters. The van der Waals surface area contributed by atoms with Crippen molar-refractivity contribution >= 4 is 45.0 Å². The summed E-state index contributed by atoms with van der Waals surface area (Å²) in [6.07, 6.45) is 0.774. The maximum Gasteiger partial charge on any atom is 0.306 e. The number of sulfonamides is 1. The summed E-state index contributed by atoms with van der Waals surface area (Å²) in [6, 6.07) is 1.26. The van der Waals surface area contributed by atoms with Gasteiger partial charge < -0.3 is 10.4 Å². The van der Waals surface area contributed by atoms with Crippen LogP contribution in [-0.4, -0.2) is 60.3 Å². The average molecular weight is 391 g/mol. The van der Waals surface area contributed by atoms with Crippen LogP contribution in [0.25, 0.3) is 0 Å². The average Bonchev–Trinajstić information content (AvgIpc) is 3.01. The van der Waals surface area contributed by atoms with E-state index in [2.05, 4.69) is 5.32 Å². The van der Waals surface area contributed by atoms with E-state index in [0.29, 0.717) is 25.9 Å². The smallest absolute Gasteiger partial charge is 0.306 e. The van der Waals surface area contributed by atoms with Crippen molar-refractivity contribution in [1.82, 2.24) is 9.62 Å². The Morgan fingerprint density at radius 3 is 2.54 bits per heavy atom. The van der Waals surface area contributed by atoms with Crippen molar-refractivity contribution in [3.8, 4) is 0 Å². The fourth-order valence-electron chi connectivity index (χ4n) is 2.78. The zero-order chi connectivity index (χ0) is 17.3. The predicted octanol–water partition coefficient (Wildman–Crippen LogP) is 1.08. The molecule has 1 aliphatic carbocycles. The van der Waals surface area contributed by atoms with Crippen LogP contribution in [0, 0.1) is 5.92 Å². The molecular weight excluding hydrogens is 372 g/mol. The first-order valence-corrected chi connectivity index (χ1v) is 11.1. The molecule has 2 heterocycles. The van der Waals surface area contributed by atoms with Crippen LogP contribution >= 0.6 is 23.1 Å². The Kier molecular flexibility index (Phi) is 5.19. The molecule has 0 spiro atoms. The highest BCUT2D eigenvalue weighted by Crippen LogP contribution is 2.30. The first-order valence-electron chi connectivity index (χ1n) is 7.58. The number of aliphatic carboxylic acids is 1. The van der Waals surface area contributed by atoms with Crippen molar-refractivity contribution in [3.63, 3.8) is 0 Å². The van der Waals surface area contributed by atoms with Crippen LogP contribution in [0.1, 0.15) is 22.5 Å². The highest BCUT2D eigenvalue weighted by Gasteiger charge is 2.37. The molecule has 10 heteroatoms. The minimum atomic E-state index is -3.67. The van der Waals surface area contributed by atoms with Crippen LogP contribution in [0.15, 0.2) is 16.3 Å². The summed E-state index contributed by atoms with van der Waals surface area (Å²) in [5, 5.41) is 13.2. The molecule has 1 aromatic rings. The molecule has 1 aliphatic heterocycles. The maximum absolute atomic E-state index is 12.7. The van der Waals surface area contributed by atoms with Gasteiger partial charge in [-0.1, -0.05) is 0 Å². The van der Waals surface area contributed by atoms with Crippen molar-refractivity contribution in [2.45, 2.75) is 23.8 Å². The molecule has 7 nitrogen and oxygen atoms in total. The lowest BCUT2D eigenvalue weighted by Gasteiger charge is -2.32. The minimum Gasteiger partial charge on any atom is -0.481 e. The van der Waals surface area contributed by atoms with E-state index in [9.17, 15) is 18.0 Å². The van der Waals surface area contributed by atoms with Crippen LogP contribution in [0.5, 0.6) is 0 Å². The van der Waals surface area contributed by atoms with E-state index in [1.54, 1.807) is 17.1 Å². The molecule has 1 saturated heterocycles. The molecular formula is C14H18N2O5S3. The Morgan fingerprint density at radius 1 is 1.25 bits per heavy atom. The molecule has 2 fully saturated rings. The number of carboxylic acid groups (broad SMARTS) is 1. The Balaban J connectivity index is 1.71. The van der Waals surface area contributed by atoms with E-state index in [1.165, 1.54) is 10.4 Å². The van der Waals surface area contributed by atoms with Gasteiger partial charge in [-0.3, -0.25) is 9.59 Å². The number of carboxylic acids is 1. The van der Waals surface area contributed by atoms with Crippen molar-refractivity contribution in [1.29, 1.82) is 0 Å². The van der Waals surface area contributed by atoms with Gasteiger partial charge in [0.1, 0.15) is 9.77 Å². The van der Waals surface area contributed by atoms with E-state index < -0.39 is 27.8 Å². The summed E-state index contributed by atoms with van der Waals surface area (Å²) in [6.45, 7) is 0.902. The molecule has 1 saturated carbocycles. The molecule has 0 unspecified atom stereocenters. The van der Waals surface area contributed by atoms with Crippen molar-refractivity contribution < 1.29 is 23.1 Å². The number of nitrogens with zero attached hydrogens (tertiary/aromatic N) is 1. The summed E-state index contributed by atoms with van der Waals surface area (Å²) in [7, 11) is -3.67. The number of rotatable bonds is 5. The molecule has 2 N–H and O–H groups in total. The van der Waals surface area contributed by atoms with E-state index in [1.807, 2.05) is 0 Å². The lowest BCUT2D eigenvalue weighted by Crippen LogP contribution is -2.47. The van der Waals surface area contributed by atoms with Crippen molar-refractivity contribution in [2.24, 2.45) is 5.92 Å². The van der Waals surface area contributed by atoms with E-state index in [4.69, 9.17) is 5.11 Å². The number of carbonyl (C=O) groups excluding carboxylic acids is 1. The Labute approximate surface area is 148 Å². The molecule has 0 bridgehead atoms. The number of thiophene rings is 1. The SMILES string of the molecule is O=C(NC1CC(C(=O)O)C1)c1sccc1S(=O)(=O)N1CCSCC1. The van der Waals surface area contributed by atoms with Gasteiger partial charge in [0.2, 0.25) is 10.0 Å². The second-order valence-corrected chi connectivity index (χ2v) is 9.85. The van der Waals surface area contributed by atoms with E-state index >= 15 is 0 Å². The second-order valence-electron chi connectivity index (χ2n) is 5.81. The number of nitrogens with one attached hydrogen (secondary N) is 1. The Morgan fingerprint density at radius 2 is 1.92 bits per heavy atom. The summed E-state index contributed by atoms with van der Waals surface area (Å²) in [5.74, 6) is -0.216. The van der Waals surface area contributed by atoms with Crippen LogP contribution in [0.4, 0.5) is 0 Å². The Hall–Kier alpha value is -1.10. The number of amides is 1. The van der Waals surface area contributed by atoms with Gasteiger partial charge in [0.25, 0.3) is 5.91 Å². The third kappa shape index (κ3) is 3.46. The van der Waals surface area contributed by atoms with Gasteiger partial charge in [-0.25, -0.2) is 8.42 Å². The second kappa shape index (κ2) is 7.03. The van der Waals surface area contributed by atoms with Gasteiger partial charge in [0.15, 0.2) is 0 Å². The monoisotopic (exact) mass is 390 g/mol. The molecule has 0 aromatic carbocycles. The molecule has 1 aromatic heterocycles. The minimum absolute atomic E-state index is 0.0472. The highest BCUT2D eigenvalue weighted by molar-refractivity contribution is 7.99. The molecule has 0 radical (unpaired) electrons. The van der Waals surface area contributed by atoms with Crippen LogP contribution in [0.2, 0.25) is 0 Å². The van der Waals surface area contributed by atoms with Gasteiger partial charge in [-0.05, 0) is 24.3 Å². The molecule has 24 heavy (non-hydrogen) atoms. The zero-order valence-corrected chi connectivity index (χ0v) is 15.3. The first kappa shape index (κ1) is 17.7. The predicted molar refractivity (Wildman–Crippen MR) is 92.0 cm³/mol. The van der Waals surface area contributed by atoms with Gasteiger partial charge in [-0.2, -0.15) is 16.1 Å². The standard InChI is InChI=1S/C14H18N2O5S3/c17-13(15-10-7-9(8-10)14(18)19)12-11(1-4-23-12)24(20,21)16-2-5-22-6-3-16/h1,4,9-10H,2-3,5-8H2,(H,15,17)(H,18,19). The summed E-state index contributed by atoms with van der Waals surface area (Å²) < 4.78 is 26.9. The summed E-state index contributed by atoms with van der Waals surface area (Å²) in [5.41, 5.74) is 0. The fraction of sp³-hybridized carbons (Fsp3) is 0.571. The summed E-state index contributed by atoms with van der Waals surface area (Å²) >= 11 is 2.81. The van der Waals surface area contributed by atoms with Crippen LogP contribution in [-0.2, 0) is 14.8 Å². The molecule has 2 aliphatic rings. The van der Waals surface area contributed by atoms with Crippen molar-refractivity contribution in [3.05, 3.63) is 16.3 Å². The number of thioether (sulfide) groups is 1. The van der Waals surface area contributed by atoms with Gasteiger partial charge >= 0.3 is 5.97 Å². The first-order chi connectivity index (χ1) is 11.4. The molecule has 132 valence electrons. The van der Waals surface area contributed by atoms with Gasteiger partial charge in [0, 0.05) is 30.6 Å². The number of hydrogen-bond acceptors (Lipinski definition) is 6. The third-order valence-electron chi connectivity index (χ3n) is 4.25. The van der Waals surface area contributed by atoms with Gasteiger partial charge in [0.05, 0.1) is 5.92 Å². The largest absolute Gasteiger partial charge is 0.481 e. The van der Waals surface area contributed by atoms with Crippen LogP contribution < -0.4 is 5.32 Å². The van der Waals surface area contributed by atoms with Gasteiger partial charge in [-0.15, -0.1) is 11.3 Å². The third-order valence-corrected chi connectivity index (χ3v) is 8.17. The molecule has 1 amide bonds. The highest BCUT2D eigenvalue weighted by atomic mass is 32.2. The molecule has 3 rings (SSSR count). The summed E-state index contributed by atoms with van der Waals surface area (Å²) in [4.78, 5) is 23.4. The fourth-order valence-corrected chi connectivity index (χ4v) is 6.66. The Bertz CT molecular complexity index is 733. The number of hydrogen-bond donors (Lipinski definition) is 2. The van der Waals surface area contributed by atoms with E-state index in [0.717, 1.165) is 22.8 Å². The number of carbonyl (C=O) groups is 2. The van der Waals surface area contributed by atoms with E-state index in [-0.39, 0.29) is 15.8 Å². The topological polar surface area (TPSA) is 104 Å².